The van der Waals surface area contributed by atoms with Gasteiger partial charge in [0.15, 0.2) is 0 Å². The first-order valence-electron chi connectivity index (χ1n) is 5.74. The first-order chi connectivity index (χ1) is 6.37. The van der Waals surface area contributed by atoms with Crippen LogP contribution in [0.1, 0.15) is 48.0 Å². The first-order valence-corrected chi connectivity index (χ1v) is 5.74. The van der Waals surface area contributed by atoms with E-state index >= 15 is 0 Å². The van der Waals surface area contributed by atoms with Crippen LogP contribution in [0.2, 0.25) is 0 Å². The fraction of sp³-hybridized carbons (Fsp3) is 1.00. The minimum atomic E-state index is -0.0127. The molecule has 0 heterocycles. The van der Waals surface area contributed by atoms with Gasteiger partial charge < -0.3 is 10.1 Å². The van der Waals surface area contributed by atoms with E-state index in [4.69, 9.17) is 4.74 Å². The molecule has 1 atom stereocenters. The van der Waals surface area contributed by atoms with Gasteiger partial charge in [-0.3, -0.25) is 0 Å². The topological polar surface area (TPSA) is 21.3 Å². The molecule has 86 valence electrons. The van der Waals surface area contributed by atoms with Crippen molar-refractivity contribution in [2.75, 3.05) is 13.2 Å². The lowest BCUT2D eigenvalue weighted by molar-refractivity contribution is -0.00208. The molecule has 0 fully saturated rings. The molecule has 0 aromatic carbocycles. The Balaban J connectivity index is 3.52. The SMILES string of the molecule is CCC(NCCOC(C)(C)C)C(C)C. The van der Waals surface area contributed by atoms with Crippen LogP contribution in [0.4, 0.5) is 0 Å². The van der Waals surface area contributed by atoms with Crippen molar-refractivity contribution in [3.63, 3.8) is 0 Å². The van der Waals surface area contributed by atoms with Crippen molar-refractivity contribution in [2.45, 2.75) is 59.6 Å². The second-order valence-corrected chi connectivity index (χ2v) is 5.17. The molecule has 0 aromatic rings. The summed E-state index contributed by atoms with van der Waals surface area (Å²) in [6.45, 7) is 14.8. The Morgan fingerprint density at radius 1 is 1.21 bits per heavy atom. The highest BCUT2D eigenvalue weighted by molar-refractivity contribution is 4.68. The van der Waals surface area contributed by atoms with E-state index in [0.29, 0.717) is 12.0 Å². The Hall–Kier alpha value is -0.0800. The highest BCUT2D eigenvalue weighted by Gasteiger charge is 2.11. The molecule has 0 bridgehead atoms. The summed E-state index contributed by atoms with van der Waals surface area (Å²) in [4.78, 5) is 0. The average Bonchev–Trinajstić information content (AvgIpc) is 2.01. The van der Waals surface area contributed by atoms with Crippen molar-refractivity contribution in [2.24, 2.45) is 5.92 Å². The summed E-state index contributed by atoms with van der Waals surface area (Å²) < 4.78 is 5.64. The fourth-order valence-corrected chi connectivity index (χ4v) is 1.45. The van der Waals surface area contributed by atoms with E-state index in [1.807, 2.05) is 0 Å². The monoisotopic (exact) mass is 201 g/mol. The van der Waals surface area contributed by atoms with Gasteiger partial charge in [0.2, 0.25) is 0 Å². The number of hydrogen-bond donors (Lipinski definition) is 1. The first kappa shape index (κ1) is 13.9. The largest absolute Gasteiger partial charge is 0.375 e. The van der Waals surface area contributed by atoms with Crippen molar-refractivity contribution in [3.05, 3.63) is 0 Å². The van der Waals surface area contributed by atoms with Crippen LogP contribution < -0.4 is 5.32 Å². The second-order valence-electron chi connectivity index (χ2n) is 5.17. The molecule has 0 aliphatic heterocycles. The highest BCUT2D eigenvalue weighted by Crippen LogP contribution is 2.07. The molecular weight excluding hydrogens is 174 g/mol. The van der Waals surface area contributed by atoms with Gasteiger partial charge in [-0.25, -0.2) is 0 Å². The van der Waals surface area contributed by atoms with Crippen LogP contribution in [0, 0.1) is 5.92 Å². The van der Waals surface area contributed by atoms with Gasteiger partial charge in [0.1, 0.15) is 0 Å². The summed E-state index contributed by atoms with van der Waals surface area (Å²) in [5, 5.41) is 3.52. The lowest BCUT2D eigenvalue weighted by Crippen LogP contribution is -2.36. The predicted octanol–water partition coefficient (Wildman–Crippen LogP) is 2.83. The van der Waals surface area contributed by atoms with Gasteiger partial charge in [0, 0.05) is 12.6 Å². The van der Waals surface area contributed by atoms with Crippen LogP contribution in [-0.2, 0) is 4.74 Å². The van der Waals surface area contributed by atoms with E-state index in [1.165, 1.54) is 6.42 Å². The Morgan fingerprint density at radius 2 is 1.79 bits per heavy atom. The molecule has 0 aliphatic rings. The van der Waals surface area contributed by atoms with Gasteiger partial charge in [-0.05, 0) is 33.1 Å². The van der Waals surface area contributed by atoms with Gasteiger partial charge >= 0.3 is 0 Å². The van der Waals surface area contributed by atoms with Crippen molar-refractivity contribution >= 4 is 0 Å². The van der Waals surface area contributed by atoms with E-state index in [2.05, 4.69) is 46.9 Å². The molecule has 2 nitrogen and oxygen atoms in total. The zero-order valence-corrected chi connectivity index (χ0v) is 10.7. The van der Waals surface area contributed by atoms with E-state index in [1.54, 1.807) is 0 Å². The minimum absolute atomic E-state index is 0.0127. The number of nitrogens with one attached hydrogen (secondary N) is 1. The molecule has 2 heteroatoms. The Kier molecular flexibility index (Phi) is 6.38. The van der Waals surface area contributed by atoms with Crippen LogP contribution >= 0.6 is 0 Å². The summed E-state index contributed by atoms with van der Waals surface area (Å²) in [5.41, 5.74) is -0.0127. The van der Waals surface area contributed by atoms with Crippen molar-refractivity contribution in [1.29, 1.82) is 0 Å². The Morgan fingerprint density at radius 3 is 2.14 bits per heavy atom. The number of hydrogen-bond acceptors (Lipinski definition) is 2. The molecule has 0 spiro atoms. The molecule has 1 unspecified atom stereocenters. The number of rotatable bonds is 6. The molecule has 0 aliphatic carbocycles. The van der Waals surface area contributed by atoms with E-state index in [0.717, 1.165) is 13.2 Å². The van der Waals surface area contributed by atoms with Crippen LogP contribution in [0.5, 0.6) is 0 Å². The van der Waals surface area contributed by atoms with Crippen molar-refractivity contribution in [1.82, 2.24) is 5.32 Å². The van der Waals surface area contributed by atoms with E-state index in [9.17, 15) is 0 Å². The quantitative estimate of drug-likeness (QED) is 0.667. The molecule has 0 saturated carbocycles. The Bertz CT molecular complexity index is 138. The normalized spacial score (nSPS) is 14.8. The van der Waals surface area contributed by atoms with Crippen LogP contribution in [0.25, 0.3) is 0 Å². The van der Waals surface area contributed by atoms with E-state index in [-0.39, 0.29) is 5.60 Å². The minimum Gasteiger partial charge on any atom is -0.375 e. The maximum absolute atomic E-state index is 5.64. The summed E-state index contributed by atoms with van der Waals surface area (Å²) >= 11 is 0. The third-order valence-corrected chi connectivity index (χ3v) is 2.29. The second kappa shape index (κ2) is 6.41. The predicted molar refractivity (Wildman–Crippen MR) is 62.6 cm³/mol. The van der Waals surface area contributed by atoms with Crippen LogP contribution in [-0.4, -0.2) is 24.8 Å². The molecule has 0 saturated heterocycles. The van der Waals surface area contributed by atoms with Crippen LogP contribution in [0.3, 0.4) is 0 Å². The maximum atomic E-state index is 5.64. The van der Waals surface area contributed by atoms with Gasteiger partial charge in [-0.2, -0.15) is 0 Å². The maximum Gasteiger partial charge on any atom is 0.0599 e. The highest BCUT2D eigenvalue weighted by atomic mass is 16.5. The van der Waals surface area contributed by atoms with E-state index < -0.39 is 0 Å². The van der Waals surface area contributed by atoms with Gasteiger partial charge in [-0.1, -0.05) is 20.8 Å². The van der Waals surface area contributed by atoms with Crippen molar-refractivity contribution < 1.29 is 4.74 Å². The summed E-state index contributed by atoms with van der Waals surface area (Å²) in [7, 11) is 0. The molecule has 0 amide bonds. The average molecular weight is 201 g/mol. The Labute approximate surface area is 89.4 Å². The summed E-state index contributed by atoms with van der Waals surface area (Å²) in [6, 6.07) is 0.624. The molecule has 0 rings (SSSR count). The van der Waals surface area contributed by atoms with Crippen LogP contribution in [0.15, 0.2) is 0 Å². The lowest BCUT2D eigenvalue weighted by atomic mass is 10.0. The zero-order chi connectivity index (χ0) is 11.2. The third kappa shape index (κ3) is 7.34. The smallest absolute Gasteiger partial charge is 0.0599 e. The standard InChI is InChI=1S/C12H27NO/c1-7-11(10(2)3)13-8-9-14-12(4,5)6/h10-11,13H,7-9H2,1-6H3. The molecule has 14 heavy (non-hydrogen) atoms. The lowest BCUT2D eigenvalue weighted by Gasteiger charge is -2.23. The number of ether oxygens (including phenoxy) is 1. The third-order valence-electron chi connectivity index (χ3n) is 2.29. The molecule has 0 aromatic heterocycles. The summed E-state index contributed by atoms with van der Waals surface area (Å²) in [6.07, 6.45) is 1.19. The van der Waals surface area contributed by atoms with Gasteiger partial charge in [0.05, 0.1) is 12.2 Å². The zero-order valence-electron chi connectivity index (χ0n) is 10.7. The fourth-order valence-electron chi connectivity index (χ4n) is 1.45. The molecular formula is C12H27NO. The van der Waals surface area contributed by atoms with Gasteiger partial charge in [-0.15, -0.1) is 0 Å². The molecule has 0 radical (unpaired) electrons. The molecule has 1 N–H and O–H groups in total. The summed E-state index contributed by atoms with van der Waals surface area (Å²) in [5.74, 6) is 0.703. The van der Waals surface area contributed by atoms with Gasteiger partial charge in [0.25, 0.3) is 0 Å². The van der Waals surface area contributed by atoms with Crippen molar-refractivity contribution in [3.8, 4) is 0 Å².